The molecule has 2 rings (SSSR count). The fourth-order valence-corrected chi connectivity index (χ4v) is 1.61. The van der Waals surface area contributed by atoms with Crippen molar-refractivity contribution in [2.75, 3.05) is 18.5 Å². The second kappa shape index (κ2) is 6.48. The average Bonchev–Trinajstić information content (AvgIpc) is 2.47. The summed E-state index contributed by atoms with van der Waals surface area (Å²) in [6.07, 6.45) is 1.38. The number of nitrogens with zero attached hydrogens (tertiary/aromatic N) is 2. The second-order valence-corrected chi connectivity index (χ2v) is 3.92. The van der Waals surface area contributed by atoms with Crippen LogP contribution in [0.3, 0.4) is 0 Å². The normalized spacial score (nSPS) is 10.1. The quantitative estimate of drug-likeness (QED) is 0.617. The van der Waals surface area contributed by atoms with Gasteiger partial charge in [0, 0.05) is 12.2 Å². The van der Waals surface area contributed by atoms with Gasteiger partial charge in [-0.05, 0) is 46.3 Å². The summed E-state index contributed by atoms with van der Waals surface area (Å²) in [5.41, 5.74) is 6.40. The molecule has 7 nitrogen and oxygen atoms in total. The molecule has 2 aromatic rings. The van der Waals surface area contributed by atoms with Crippen molar-refractivity contribution in [1.82, 2.24) is 4.98 Å². The van der Waals surface area contributed by atoms with Crippen molar-refractivity contribution in [3.8, 4) is 5.75 Å². The summed E-state index contributed by atoms with van der Waals surface area (Å²) in [6.45, 7) is 0.892. The molecule has 0 radical (unpaired) electrons. The first-order chi connectivity index (χ1) is 9.70. The largest absolute Gasteiger partial charge is 0.492 e. The van der Waals surface area contributed by atoms with E-state index in [0.29, 0.717) is 30.3 Å². The molecule has 1 heterocycles. The average molecular weight is 274 g/mol. The van der Waals surface area contributed by atoms with E-state index in [1.54, 1.807) is 36.4 Å². The van der Waals surface area contributed by atoms with Gasteiger partial charge in [-0.15, -0.1) is 0 Å². The standard InChI is InChI=1S/C13H14N4O3/c14-7-9-20-11-5-3-10(4-6-11)16-12-2-1-8-15-13(12)17(18)19/h1-6,8,16H,7,9,14H2. The summed E-state index contributed by atoms with van der Waals surface area (Å²) < 4.78 is 5.35. The molecule has 3 N–H and O–H groups in total. The van der Waals surface area contributed by atoms with E-state index in [0.717, 1.165) is 0 Å². The zero-order valence-corrected chi connectivity index (χ0v) is 10.7. The third kappa shape index (κ3) is 3.42. The van der Waals surface area contributed by atoms with Crippen molar-refractivity contribution >= 4 is 17.2 Å². The van der Waals surface area contributed by atoms with Crippen LogP contribution in [0.4, 0.5) is 17.2 Å². The number of hydrogen-bond acceptors (Lipinski definition) is 6. The highest BCUT2D eigenvalue weighted by Crippen LogP contribution is 2.25. The second-order valence-electron chi connectivity index (χ2n) is 3.92. The van der Waals surface area contributed by atoms with Crippen molar-refractivity contribution in [2.45, 2.75) is 0 Å². The van der Waals surface area contributed by atoms with Crippen molar-refractivity contribution in [1.29, 1.82) is 0 Å². The van der Waals surface area contributed by atoms with Crippen LogP contribution in [0, 0.1) is 10.1 Å². The molecule has 0 atom stereocenters. The maximum Gasteiger partial charge on any atom is 0.387 e. The Kier molecular flexibility index (Phi) is 4.46. The van der Waals surface area contributed by atoms with Crippen LogP contribution < -0.4 is 15.8 Å². The molecule has 0 amide bonds. The van der Waals surface area contributed by atoms with E-state index < -0.39 is 4.92 Å². The fraction of sp³-hybridized carbons (Fsp3) is 0.154. The van der Waals surface area contributed by atoms with Crippen molar-refractivity contribution in [3.05, 3.63) is 52.7 Å². The van der Waals surface area contributed by atoms with E-state index >= 15 is 0 Å². The van der Waals surface area contributed by atoms with Gasteiger partial charge in [0.2, 0.25) is 0 Å². The lowest BCUT2D eigenvalue weighted by Crippen LogP contribution is -2.10. The topological polar surface area (TPSA) is 103 Å². The molecule has 1 aromatic carbocycles. The van der Waals surface area contributed by atoms with E-state index in [2.05, 4.69) is 10.3 Å². The van der Waals surface area contributed by atoms with E-state index in [9.17, 15) is 10.1 Å². The Morgan fingerprint density at radius 2 is 2.05 bits per heavy atom. The zero-order chi connectivity index (χ0) is 14.4. The Morgan fingerprint density at radius 3 is 2.70 bits per heavy atom. The number of pyridine rings is 1. The third-order valence-electron chi connectivity index (χ3n) is 2.48. The van der Waals surface area contributed by atoms with Crippen LogP contribution in [0.1, 0.15) is 0 Å². The van der Waals surface area contributed by atoms with E-state index in [4.69, 9.17) is 10.5 Å². The van der Waals surface area contributed by atoms with Gasteiger partial charge in [0.15, 0.2) is 0 Å². The summed E-state index contributed by atoms with van der Waals surface area (Å²) in [6, 6.07) is 10.3. The highest BCUT2D eigenvalue weighted by Gasteiger charge is 2.13. The summed E-state index contributed by atoms with van der Waals surface area (Å²) in [5, 5.41) is 13.8. The predicted octanol–water partition coefficient (Wildman–Crippen LogP) is 2.07. The third-order valence-corrected chi connectivity index (χ3v) is 2.48. The molecule has 0 spiro atoms. The van der Waals surface area contributed by atoms with Crippen LogP contribution in [0.5, 0.6) is 5.75 Å². The Labute approximate surface area is 115 Å². The minimum absolute atomic E-state index is 0.212. The molecule has 0 aliphatic heterocycles. The minimum atomic E-state index is -0.527. The van der Waals surface area contributed by atoms with Crippen LogP contribution in [-0.4, -0.2) is 23.1 Å². The minimum Gasteiger partial charge on any atom is -0.492 e. The molecule has 0 bridgehead atoms. The summed E-state index contributed by atoms with van der Waals surface area (Å²) in [7, 11) is 0. The molecule has 0 fully saturated rings. The Bertz CT molecular complexity index is 586. The summed E-state index contributed by atoms with van der Waals surface area (Å²) in [5.74, 6) is 0.484. The fourth-order valence-electron chi connectivity index (χ4n) is 1.61. The van der Waals surface area contributed by atoms with Crippen LogP contribution in [0.2, 0.25) is 0 Å². The summed E-state index contributed by atoms with van der Waals surface area (Å²) >= 11 is 0. The first-order valence-corrected chi connectivity index (χ1v) is 6.00. The lowest BCUT2D eigenvalue weighted by molar-refractivity contribution is -0.388. The summed E-state index contributed by atoms with van der Waals surface area (Å²) in [4.78, 5) is 14.1. The maximum absolute atomic E-state index is 10.9. The molecular formula is C13H14N4O3. The van der Waals surface area contributed by atoms with Crippen molar-refractivity contribution < 1.29 is 9.66 Å². The highest BCUT2D eigenvalue weighted by molar-refractivity contribution is 5.66. The Morgan fingerprint density at radius 1 is 1.30 bits per heavy atom. The van der Waals surface area contributed by atoms with E-state index in [-0.39, 0.29) is 5.82 Å². The molecule has 0 unspecified atom stereocenters. The SMILES string of the molecule is NCCOc1ccc(Nc2cccnc2[N+](=O)[O-])cc1. The number of hydrogen-bond donors (Lipinski definition) is 2. The number of benzene rings is 1. The van der Waals surface area contributed by atoms with Gasteiger partial charge in [0.05, 0.1) is 0 Å². The number of nitrogens with two attached hydrogens (primary N) is 1. The maximum atomic E-state index is 10.9. The van der Waals surface area contributed by atoms with Gasteiger partial charge in [-0.2, -0.15) is 0 Å². The van der Waals surface area contributed by atoms with E-state index in [1.807, 2.05) is 0 Å². The smallest absolute Gasteiger partial charge is 0.387 e. The van der Waals surface area contributed by atoms with Crippen molar-refractivity contribution in [3.63, 3.8) is 0 Å². The van der Waals surface area contributed by atoms with Gasteiger partial charge in [0.25, 0.3) is 0 Å². The van der Waals surface area contributed by atoms with Crippen LogP contribution in [0.25, 0.3) is 0 Å². The highest BCUT2D eigenvalue weighted by atomic mass is 16.6. The number of anilines is 2. The van der Waals surface area contributed by atoms with Crippen LogP contribution >= 0.6 is 0 Å². The molecule has 0 aliphatic rings. The van der Waals surface area contributed by atoms with Gasteiger partial charge < -0.3 is 25.9 Å². The number of ether oxygens (including phenoxy) is 1. The van der Waals surface area contributed by atoms with Gasteiger partial charge in [-0.1, -0.05) is 0 Å². The lowest BCUT2D eigenvalue weighted by atomic mass is 10.3. The van der Waals surface area contributed by atoms with Crippen LogP contribution in [-0.2, 0) is 0 Å². The number of rotatable bonds is 6. The molecule has 0 aliphatic carbocycles. The Hall–Kier alpha value is -2.67. The lowest BCUT2D eigenvalue weighted by Gasteiger charge is -2.08. The molecular weight excluding hydrogens is 260 g/mol. The molecule has 104 valence electrons. The van der Waals surface area contributed by atoms with Gasteiger partial charge in [-0.25, -0.2) is 0 Å². The number of nitro groups is 1. The van der Waals surface area contributed by atoms with E-state index in [1.165, 1.54) is 6.20 Å². The number of aromatic nitrogens is 1. The molecule has 0 saturated heterocycles. The first-order valence-electron chi connectivity index (χ1n) is 6.00. The molecule has 7 heteroatoms. The van der Waals surface area contributed by atoms with Crippen LogP contribution in [0.15, 0.2) is 42.6 Å². The van der Waals surface area contributed by atoms with Gasteiger partial charge in [0.1, 0.15) is 24.2 Å². The molecule has 0 saturated carbocycles. The monoisotopic (exact) mass is 274 g/mol. The Balaban J connectivity index is 2.12. The van der Waals surface area contributed by atoms with Gasteiger partial charge >= 0.3 is 5.82 Å². The molecule has 20 heavy (non-hydrogen) atoms. The zero-order valence-electron chi connectivity index (χ0n) is 10.7. The molecule has 1 aromatic heterocycles. The predicted molar refractivity (Wildman–Crippen MR) is 75.2 cm³/mol. The van der Waals surface area contributed by atoms with Crippen molar-refractivity contribution in [2.24, 2.45) is 5.73 Å². The first kappa shape index (κ1) is 13.8. The number of nitrogens with one attached hydrogen (secondary N) is 1. The van der Waals surface area contributed by atoms with Gasteiger partial charge in [-0.3, -0.25) is 0 Å².